The molecule has 1 rings (SSSR count). The maximum Gasteiger partial charge on any atom is 0.126 e. The molecule has 0 saturated heterocycles. The number of hydrogen-bond donors (Lipinski definition) is 0. The first-order chi connectivity index (χ1) is 5.65. The van der Waals surface area contributed by atoms with E-state index in [9.17, 15) is 4.39 Å². The topological polar surface area (TPSA) is 0 Å². The van der Waals surface area contributed by atoms with Gasteiger partial charge in [-0.1, -0.05) is 26.0 Å². The van der Waals surface area contributed by atoms with E-state index < -0.39 is 0 Å². The van der Waals surface area contributed by atoms with Crippen LogP contribution in [0, 0.1) is 5.82 Å². The molecule has 0 radical (unpaired) electrons. The van der Waals surface area contributed by atoms with Crippen molar-refractivity contribution >= 4 is 11.6 Å². The summed E-state index contributed by atoms with van der Waals surface area (Å²) in [5.74, 6) is 0.520. The molecule has 0 aromatic heterocycles. The Kier molecular flexibility index (Phi) is 3.10. The third kappa shape index (κ3) is 1.98. The highest BCUT2D eigenvalue weighted by Gasteiger charge is 2.06. The molecule has 0 aliphatic carbocycles. The quantitative estimate of drug-likeness (QED) is 0.618. The van der Waals surface area contributed by atoms with Crippen LogP contribution in [0.3, 0.4) is 0 Å². The van der Waals surface area contributed by atoms with Gasteiger partial charge in [0.1, 0.15) is 5.82 Å². The molecule has 0 bridgehead atoms. The van der Waals surface area contributed by atoms with Gasteiger partial charge >= 0.3 is 0 Å². The molecule has 0 nitrogen and oxygen atoms in total. The first kappa shape index (κ1) is 9.53. The van der Waals surface area contributed by atoms with Gasteiger partial charge in [-0.25, -0.2) is 4.39 Å². The summed E-state index contributed by atoms with van der Waals surface area (Å²) in [6, 6.07) is 5.02. The molecule has 0 amide bonds. The predicted molar refractivity (Wildman–Crippen MR) is 50.0 cm³/mol. The SMILES string of the molecule is CC(C)c1cc(CCl)ccc1F. The summed E-state index contributed by atoms with van der Waals surface area (Å²) in [6.07, 6.45) is 0. The fourth-order valence-corrected chi connectivity index (χ4v) is 1.29. The Bertz CT molecular complexity index is 269. The van der Waals surface area contributed by atoms with Crippen LogP contribution >= 0.6 is 11.6 Å². The molecule has 0 atom stereocenters. The number of rotatable bonds is 2. The number of hydrogen-bond acceptors (Lipinski definition) is 0. The Balaban J connectivity index is 3.08. The zero-order valence-corrected chi connectivity index (χ0v) is 8.03. The zero-order chi connectivity index (χ0) is 9.14. The van der Waals surface area contributed by atoms with E-state index in [0.717, 1.165) is 11.1 Å². The van der Waals surface area contributed by atoms with Crippen molar-refractivity contribution in [2.75, 3.05) is 0 Å². The molecule has 0 unspecified atom stereocenters. The van der Waals surface area contributed by atoms with Gasteiger partial charge in [0.2, 0.25) is 0 Å². The molecule has 12 heavy (non-hydrogen) atoms. The summed E-state index contributed by atoms with van der Waals surface area (Å²) in [5, 5.41) is 0. The second kappa shape index (κ2) is 3.90. The lowest BCUT2D eigenvalue weighted by Crippen LogP contribution is -1.94. The van der Waals surface area contributed by atoms with E-state index in [1.807, 2.05) is 19.9 Å². The highest BCUT2D eigenvalue weighted by Crippen LogP contribution is 2.20. The molecular formula is C10H12ClF. The van der Waals surface area contributed by atoms with Gasteiger partial charge in [0, 0.05) is 5.88 Å². The molecular weight excluding hydrogens is 175 g/mol. The third-order valence-corrected chi connectivity index (χ3v) is 2.15. The highest BCUT2D eigenvalue weighted by atomic mass is 35.5. The minimum absolute atomic E-state index is 0.140. The van der Waals surface area contributed by atoms with Crippen LogP contribution in [0.4, 0.5) is 4.39 Å². The first-order valence-electron chi connectivity index (χ1n) is 3.99. The molecule has 1 aromatic carbocycles. The van der Waals surface area contributed by atoms with Crippen LogP contribution in [0.25, 0.3) is 0 Å². The molecule has 66 valence electrons. The van der Waals surface area contributed by atoms with Crippen molar-refractivity contribution in [3.8, 4) is 0 Å². The minimum Gasteiger partial charge on any atom is -0.207 e. The smallest absolute Gasteiger partial charge is 0.126 e. The maximum absolute atomic E-state index is 13.1. The normalized spacial score (nSPS) is 10.8. The van der Waals surface area contributed by atoms with Crippen molar-refractivity contribution in [1.82, 2.24) is 0 Å². The summed E-state index contributed by atoms with van der Waals surface area (Å²) in [4.78, 5) is 0. The summed E-state index contributed by atoms with van der Waals surface area (Å²) in [6.45, 7) is 3.94. The van der Waals surface area contributed by atoms with Crippen molar-refractivity contribution in [2.45, 2.75) is 25.6 Å². The van der Waals surface area contributed by atoms with Crippen LogP contribution in [-0.4, -0.2) is 0 Å². The van der Waals surface area contributed by atoms with Gasteiger partial charge in [0.05, 0.1) is 0 Å². The van der Waals surface area contributed by atoms with Gasteiger partial charge in [-0.3, -0.25) is 0 Å². The second-order valence-corrected chi connectivity index (χ2v) is 3.41. The van der Waals surface area contributed by atoms with Crippen molar-refractivity contribution in [3.05, 3.63) is 35.1 Å². The van der Waals surface area contributed by atoms with Gasteiger partial charge in [0.15, 0.2) is 0 Å². The molecule has 0 heterocycles. The van der Waals surface area contributed by atoms with Crippen molar-refractivity contribution in [3.63, 3.8) is 0 Å². The Morgan fingerprint density at radius 2 is 2.08 bits per heavy atom. The summed E-state index contributed by atoms with van der Waals surface area (Å²) >= 11 is 5.63. The summed E-state index contributed by atoms with van der Waals surface area (Å²) < 4.78 is 13.1. The number of alkyl halides is 1. The number of benzene rings is 1. The Morgan fingerprint density at radius 3 is 2.58 bits per heavy atom. The minimum atomic E-state index is -0.140. The average Bonchev–Trinajstić information content (AvgIpc) is 2.05. The van der Waals surface area contributed by atoms with Crippen molar-refractivity contribution in [1.29, 1.82) is 0 Å². The number of halogens is 2. The van der Waals surface area contributed by atoms with Gasteiger partial charge in [0.25, 0.3) is 0 Å². The molecule has 0 fully saturated rings. The van der Waals surface area contributed by atoms with E-state index >= 15 is 0 Å². The monoisotopic (exact) mass is 186 g/mol. The van der Waals surface area contributed by atoms with Gasteiger partial charge in [-0.05, 0) is 23.1 Å². The molecule has 2 heteroatoms. The fourth-order valence-electron chi connectivity index (χ4n) is 1.12. The summed E-state index contributed by atoms with van der Waals surface area (Å²) in [7, 11) is 0. The van der Waals surface area contributed by atoms with E-state index in [1.165, 1.54) is 6.07 Å². The van der Waals surface area contributed by atoms with Crippen LogP contribution < -0.4 is 0 Å². The van der Waals surface area contributed by atoms with Gasteiger partial charge in [-0.2, -0.15) is 0 Å². The highest BCUT2D eigenvalue weighted by molar-refractivity contribution is 6.17. The van der Waals surface area contributed by atoms with E-state index in [0.29, 0.717) is 5.88 Å². The molecule has 0 N–H and O–H groups in total. The Morgan fingerprint density at radius 1 is 1.42 bits per heavy atom. The molecule has 0 aliphatic rings. The lowest BCUT2D eigenvalue weighted by Gasteiger charge is -2.07. The fraction of sp³-hybridized carbons (Fsp3) is 0.400. The third-order valence-electron chi connectivity index (χ3n) is 1.84. The van der Waals surface area contributed by atoms with Crippen molar-refractivity contribution in [2.24, 2.45) is 0 Å². The van der Waals surface area contributed by atoms with E-state index in [2.05, 4.69) is 0 Å². The zero-order valence-electron chi connectivity index (χ0n) is 7.27. The second-order valence-electron chi connectivity index (χ2n) is 3.14. The molecule has 0 saturated carbocycles. The Hall–Kier alpha value is -0.560. The van der Waals surface area contributed by atoms with Crippen LogP contribution in [-0.2, 0) is 5.88 Å². The molecule has 0 spiro atoms. The molecule has 0 aliphatic heterocycles. The van der Waals surface area contributed by atoms with Crippen LogP contribution in [0.5, 0.6) is 0 Å². The van der Waals surface area contributed by atoms with E-state index in [-0.39, 0.29) is 11.7 Å². The Labute approximate surface area is 77.4 Å². The average molecular weight is 187 g/mol. The maximum atomic E-state index is 13.1. The van der Waals surface area contributed by atoms with Crippen molar-refractivity contribution < 1.29 is 4.39 Å². The summed E-state index contributed by atoms with van der Waals surface area (Å²) in [5.41, 5.74) is 1.72. The van der Waals surface area contributed by atoms with E-state index in [1.54, 1.807) is 6.07 Å². The van der Waals surface area contributed by atoms with Crippen LogP contribution in [0.15, 0.2) is 18.2 Å². The predicted octanol–water partition coefficient (Wildman–Crippen LogP) is 3.69. The lowest BCUT2D eigenvalue weighted by molar-refractivity contribution is 0.597. The van der Waals surface area contributed by atoms with E-state index in [4.69, 9.17) is 11.6 Å². The largest absolute Gasteiger partial charge is 0.207 e. The standard InChI is InChI=1S/C10H12ClF/c1-7(2)9-5-8(6-11)3-4-10(9)12/h3-5,7H,6H2,1-2H3. The van der Waals surface area contributed by atoms with Gasteiger partial charge < -0.3 is 0 Å². The van der Waals surface area contributed by atoms with Crippen LogP contribution in [0.1, 0.15) is 30.9 Å². The molecule has 1 aromatic rings. The van der Waals surface area contributed by atoms with Crippen LogP contribution in [0.2, 0.25) is 0 Å². The lowest BCUT2D eigenvalue weighted by atomic mass is 10.0. The van der Waals surface area contributed by atoms with Gasteiger partial charge in [-0.15, -0.1) is 11.6 Å². The first-order valence-corrected chi connectivity index (χ1v) is 4.53.